The van der Waals surface area contributed by atoms with Gasteiger partial charge in [-0.15, -0.1) is 0 Å². The summed E-state index contributed by atoms with van der Waals surface area (Å²) < 4.78 is 0. The van der Waals surface area contributed by atoms with Crippen LogP contribution in [0.15, 0.2) is 48.8 Å². The highest BCUT2D eigenvalue weighted by atomic mass is 15.3. The topological polar surface area (TPSA) is 6.48 Å². The molecule has 0 saturated carbocycles. The summed E-state index contributed by atoms with van der Waals surface area (Å²) in [6.45, 7) is 19.1. The van der Waals surface area contributed by atoms with Crippen molar-refractivity contribution in [3.63, 3.8) is 0 Å². The third-order valence-corrected chi connectivity index (χ3v) is 6.04. The number of nitrogens with zero attached hydrogens (tertiary/aromatic N) is 2. The summed E-state index contributed by atoms with van der Waals surface area (Å²) in [5.41, 5.74) is 8.33. The second-order valence-corrected chi connectivity index (χ2v) is 9.63. The molecule has 1 aliphatic rings. The molecule has 0 aliphatic carbocycles. The van der Waals surface area contributed by atoms with Gasteiger partial charge in [-0.1, -0.05) is 79.7 Å². The lowest BCUT2D eigenvalue weighted by Crippen LogP contribution is -2.26. The normalized spacial score (nSPS) is 14.3. The van der Waals surface area contributed by atoms with Gasteiger partial charge in [-0.2, -0.15) is 0 Å². The molecule has 0 radical (unpaired) electrons. The minimum absolute atomic E-state index is 0.504. The maximum Gasteiger partial charge on any atom is 0.0989 e. The summed E-state index contributed by atoms with van der Waals surface area (Å²) >= 11 is 0. The number of rotatable bonds is 6. The van der Waals surface area contributed by atoms with E-state index in [2.05, 4.69) is 114 Å². The molecule has 0 fully saturated rings. The SMILES string of the molecule is CC(C)c1ccc(C(C)C)c(N2C=CN(c3cc(C(C)C)ccc3C(C)C)C2)c1. The number of hydrogen-bond donors (Lipinski definition) is 0. The van der Waals surface area contributed by atoms with E-state index in [0.29, 0.717) is 23.7 Å². The molecule has 2 nitrogen and oxygen atoms in total. The van der Waals surface area contributed by atoms with Crippen LogP contribution in [0.5, 0.6) is 0 Å². The molecule has 29 heavy (non-hydrogen) atoms. The van der Waals surface area contributed by atoms with Crippen LogP contribution in [0.3, 0.4) is 0 Å². The van der Waals surface area contributed by atoms with Gasteiger partial charge in [0.25, 0.3) is 0 Å². The van der Waals surface area contributed by atoms with E-state index >= 15 is 0 Å². The standard InChI is InChI=1S/C27H38N2/c1-18(2)22-9-11-24(20(5)6)26(15-22)28-13-14-29(17-28)27-16-23(19(3)4)10-12-25(27)21(7)8/h9-16,18-21H,17H2,1-8H3. The first kappa shape index (κ1) is 21.5. The molecule has 3 rings (SSSR count). The van der Waals surface area contributed by atoms with Crippen molar-refractivity contribution in [2.45, 2.75) is 79.1 Å². The van der Waals surface area contributed by atoms with E-state index in [4.69, 9.17) is 0 Å². The maximum atomic E-state index is 2.41. The number of hydrogen-bond acceptors (Lipinski definition) is 2. The first-order valence-electron chi connectivity index (χ1n) is 11.2. The van der Waals surface area contributed by atoms with E-state index in [-0.39, 0.29) is 0 Å². The molecular formula is C27H38N2. The van der Waals surface area contributed by atoms with Gasteiger partial charge in [0.1, 0.15) is 0 Å². The molecule has 0 unspecified atom stereocenters. The van der Waals surface area contributed by atoms with Gasteiger partial charge in [0.15, 0.2) is 0 Å². The summed E-state index contributed by atoms with van der Waals surface area (Å²) in [6.07, 6.45) is 4.49. The lowest BCUT2D eigenvalue weighted by atomic mass is 9.94. The van der Waals surface area contributed by atoms with E-state index in [1.165, 1.54) is 33.6 Å². The van der Waals surface area contributed by atoms with Crippen LogP contribution < -0.4 is 9.80 Å². The predicted molar refractivity (Wildman–Crippen MR) is 128 cm³/mol. The zero-order valence-corrected chi connectivity index (χ0v) is 19.5. The molecule has 156 valence electrons. The largest absolute Gasteiger partial charge is 0.328 e. The molecule has 2 heteroatoms. The summed E-state index contributed by atoms with van der Waals surface area (Å²) in [7, 11) is 0. The van der Waals surface area contributed by atoms with Crippen molar-refractivity contribution < 1.29 is 0 Å². The van der Waals surface area contributed by atoms with Crippen molar-refractivity contribution in [3.05, 3.63) is 71.1 Å². The second-order valence-electron chi connectivity index (χ2n) is 9.63. The van der Waals surface area contributed by atoms with Crippen LogP contribution in [0.4, 0.5) is 11.4 Å². The second kappa shape index (κ2) is 8.65. The third kappa shape index (κ3) is 4.52. The fourth-order valence-corrected chi connectivity index (χ4v) is 4.05. The Balaban J connectivity index is 1.96. The van der Waals surface area contributed by atoms with Crippen LogP contribution in [-0.4, -0.2) is 6.67 Å². The Bertz CT molecular complexity index is 803. The highest BCUT2D eigenvalue weighted by Gasteiger charge is 2.22. The van der Waals surface area contributed by atoms with Gasteiger partial charge < -0.3 is 9.80 Å². The van der Waals surface area contributed by atoms with E-state index < -0.39 is 0 Å². The van der Waals surface area contributed by atoms with Crippen molar-refractivity contribution in [2.75, 3.05) is 16.5 Å². The van der Waals surface area contributed by atoms with Crippen molar-refractivity contribution in [2.24, 2.45) is 0 Å². The molecule has 1 aliphatic heterocycles. The van der Waals surface area contributed by atoms with Crippen molar-refractivity contribution in [1.29, 1.82) is 0 Å². The average molecular weight is 391 g/mol. The summed E-state index contributed by atoms with van der Waals surface area (Å²) in [6, 6.07) is 14.0. The van der Waals surface area contributed by atoms with Gasteiger partial charge in [-0.05, 0) is 58.1 Å². The van der Waals surface area contributed by atoms with E-state index in [1.807, 2.05) is 0 Å². The van der Waals surface area contributed by atoms with Crippen LogP contribution in [0.2, 0.25) is 0 Å². The smallest absolute Gasteiger partial charge is 0.0989 e. The Morgan fingerprint density at radius 2 is 0.931 bits per heavy atom. The molecule has 0 atom stereocenters. The van der Waals surface area contributed by atoms with E-state index in [9.17, 15) is 0 Å². The van der Waals surface area contributed by atoms with Gasteiger partial charge in [0, 0.05) is 23.8 Å². The minimum atomic E-state index is 0.504. The Morgan fingerprint density at radius 1 is 0.552 bits per heavy atom. The molecule has 0 bridgehead atoms. The molecule has 0 N–H and O–H groups in total. The third-order valence-electron chi connectivity index (χ3n) is 6.04. The highest BCUT2D eigenvalue weighted by Crippen LogP contribution is 2.36. The van der Waals surface area contributed by atoms with Gasteiger partial charge in [-0.3, -0.25) is 0 Å². The van der Waals surface area contributed by atoms with Crippen LogP contribution in [-0.2, 0) is 0 Å². The Kier molecular flexibility index (Phi) is 6.41. The Hall–Kier alpha value is -2.22. The zero-order chi connectivity index (χ0) is 21.3. The molecule has 1 heterocycles. The van der Waals surface area contributed by atoms with E-state index in [0.717, 1.165) is 6.67 Å². The van der Waals surface area contributed by atoms with Gasteiger partial charge in [0.2, 0.25) is 0 Å². The Morgan fingerprint density at radius 3 is 1.24 bits per heavy atom. The lowest BCUT2D eigenvalue weighted by Gasteiger charge is -2.28. The van der Waals surface area contributed by atoms with E-state index in [1.54, 1.807) is 0 Å². The van der Waals surface area contributed by atoms with Gasteiger partial charge >= 0.3 is 0 Å². The number of benzene rings is 2. The van der Waals surface area contributed by atoms with Crippen molar-refractivity contribution >= 4 is 11.4 Å². The van der Waals surface area contributed by atoms with Crippen LogP contribution in [0, 0.1) is 0 Å². The highest BCUT2D eigenvalue weighted by molar-refractivity contribution is 5.66. The van der Waals surface area contributed by atoms with Crippen LogP contribution >= 0.6 is 0 Å². The molecule has 0 amide bonds. The first-order chi connectivity index (χ1) is 13.7. The maximum absolute atomic E-state index is 2.41. The minimum Gasteiger partial charge on any atom is -0.328 e. The molecule has 0 aromatic heterocycles. The summed E-state index contributed by atoms with van der Waals surface area (Å²) in [5.74, 6) is 2.08. The van der Waals surface area contributed by atoms with Gasteiger partial charge in [-0.25, -0.2) is 0 Å². The molecular weight excluding hydrogens is 352 g/mol. The predicted octanol–water partition coefficient (Wildman–Crippen LogP) is 7.94. The fraction of sp³-hybridized carbons (Fsp3) is 0.481. The summed E-state index contributed by atoms with van der Waals surface area (Å²) in [4.78, 5) is 4.82. The lowest BCUT2D eigenvalue weighted by molar-refractivity contribution is 0.824. The van der Waals surface area contributed by atoms with Gasteiger partial charge in [0.05, 0.1) is 6.67 Å². The summed E-state index contributed by atoms with van der Waals surface area (Å²) in [5, 5.41) is 0. The molecule has 0 saturated heterocycles. The monoisotopic (exact) mass is 390 g/mol. The zero-order valence-electron chi connectivity index (χ0n) is 19.5. The molecule has 2 aromatic carbocycles. The molecule has 2 aromatic rings. The number of anilines is 2. The fourth-order valence-electron chi connectivity index (χ4n) is 4.05. The first-order valence-corrected chi connectivity index (χ1v) is 11.2. The average Bonchev–Trinajstić information content (AvgIpc) is 3.16. The van der Waals surface area contributed by atoms with Crippen molar-refractivity contribution in [3.8, 4) is 0 Å². The molecule has 0 spiro atoms. The van der Waals surface area contributed by atoms with Crippen LogP contribution in [0.25, 0.3) is 0 Å². The quantitative estimate of drug-likeness (QED) is 0.494. The van der Waals surface area contributed by atoms with Crippen LogP contribution in [0.1, 0.15) is 101 Å². The van der Waals surface area contributed by atoms with Crippen molar-refractivity contribution in [1.82, 2.24) is 0 Å². The Labute approximate surface area is 178 Å².